The highest BCUT2D eigenvalue weighted by Crippen LogP contribution is 2.18. The number of amides is 1. The standard InChI is InChI=1S/C12H14N4O3/c1-6-10-7(2)19-15-11(10)12(18)16(14-6)5-9(17)13-8-3-4-8/h8H,3-5H2,1-2H3,(H,13,17). The van der Waals surface area contributed by atoms with Crippen molar-refractivity contribution in [3.8, 4) is 0 Å². The van der Waals surface area contributed by atoms with Crippen LogP contribution in [0.3, 0.4) is 0 Å². The zero-order valence-electron chi connectivity index (χ0n) is 10.8. The van der Waals surface area contributed by atoms with E-state index in [9.17, 15) is 9.59 Å². The van der Waals surface area contributed by atoms with E-state index in [-0.39, 0.29) is 24.0 Å². The molecule has 0 radical (unpaired) electrons. The maximum Gasteiger partial charge on any atom is 0.297 e. The Hall–Kier alpha value is -2.18. The maximum atomic E-state index is 12.1. The van der Waals surface area contributed by atoms with Gasteiger partial charge < -0.3 is 9.84 Å². The van der Waals surface area contributed by atoms with E-state index in [0.717, 1.165) is 17.5 Å². The largest absolute Gasteiger partial charge is 0.360 e. The Kier molecular flexibility index (Phi) is 2.62. The summed E-state index contributed by atoms with van der Waals surface area (Å²) in [5.41, 5.74) is 0.459. The van der Waals surface area contributed by atoms with Gasteiger partial charge in [-0.15, -0.1) is 0 Å². The SMILES string of the molecule is Cc1nn(CC(=O)NC2CC2)c(=O)c2noc(C)c12. The number of fused-ring (bicyclic) bond motifs is 1. The fourth-order valence-electron chi connectivity index (χ4n) is 2.09. The number of rotatable bonds is 3. The van der Waals surface area contributed by atoms with Crippen LogP contribution < -0.4 is 10.9 Å². The Morgan fingerprint density at radius 2 is 2.21 bits per heavy atom. The molecular weight excluding hydrogens is 248 g/mol. The minimum absolute atomic E-state index is 0.0853. The van der Waals surface area contributed by atoms with Crippen LogP contribution in [0, 0.1) is 13.8 Å². The van der Waals surface area contributed by atoms with Crippen molar-refractivity contribution < 1.29 is 9.32 Å². The monoisotopic (exact) mass is 262 g/mol. The Balaban J connectivity index is 1.97. The number of aryl methyl sites for hydroxylation is 2. The molecule has 1 saturated carbocycles. The third-order valence-corrected chi connectivity index (χ3v) is 3.17. The summed E-state index contributed by atoms with van der Waals surface area (Å²) in [4.78, 5) is 23.8. The minimum Gasteiger partial charge on any atom is -0.360 e. The quantitative estimate of drug-likeness (QED) is 0.858. The van der Waals surface area contributed by atoms with E-state index in [1.165, 1.54) is 0 Å². The molecule has 1 aliphatic carbocycles. The van der Waals surface area contributed by atoms with Crippen LogP contribution in [0.2, 0.25) is 0 Å². The van der Waals surface area contributed by atoms with E-state index in [2.05, 4.69) is 15.6 Å². The molecule has 7 nitrogen and oxygen atoms in total. The number of carbonyl (C=O) groups excluding carboxylic acids is 1. The van der Waals surface area contributed by atoms with Crippen molar-refractivity contribution in [3.05, 3.63) is 21.8 Å². The Morgan fingerprint density at radius 3 is 2.89 bits per heavy atom. The lowest BCUT2D eigenvalue weighted by atomic mass is 10.2. The van der Waals surface area contributed by atoms with Crippen LogP contribution in [0.5, 0.6) is 0 Å². The zero-order valence-corrected chi connectivity index (χ0v) is 10.8. The second-order valence-electron chi connectivity index (χ2n) is 4.85. The molecule has 2 aromatic heterocycles. The normalized spacial score (nSPS) is 14.8. The summed E-state index contributed by atoms with van der Waals surface area (Å²) in [5, 5.41) is 11.3. The van der Waals surface area contributed by atoms with E-state index in [1.54, 1.807) is 13.8 Å². The smallest absolute Gasteiger partial charge is 0.297 e. The minimum atomic E-state index is -0.400. The predicted molar refractivity (Wildman–Crippen MR) is 66.7 cm³/mol. The summed E-state index contributed by atoms with van der Waals surface area (Å²) in [6.45, 7) is 3.41. The molecule has 2 heterocycles. The van der Waals surface area contributed by atoms with Gasteiger partial charge in [-0.2, -0.15) is 5.10 Å². The van der Waals surface area contributed by atoms with Crippen molar-refractivity contribution in [2.24, 2.45) is 0 Å². The van der Waals surface area contributed by atoms with Crippen LogP contribution in [0.4, 0.5) is 0 Å². The lowest BCUT2D eigenvalue weighted by Crippen LogP contribution is -2.35. The van der Waals surface area contributed by atoms with Gasteiger partial charge in [0.2, 0.25) is 5.91 Å². The predicted octanol–water partition coefficient (Wildman–Crippen LogP) is 0.280. The second kappa shape index (κ2) is 4.18. The van der Waals surface area contributed by atoms with Crippen LogP contribution in [0.25, 0.3) is 10.9 Å². The van der Waals surface area contributed by atoms with Crippen molar-refractivity contribution in [1.82, 2.24) is 20.3 Å². The molecule has 0 aromatic carbocycles. The van der Waals surface area contributed by atoms with Crippen LogP contribution in [0.1, 0.15) is 24.3 Å². The van der Waals surface area contributed by atoms with Crippen LogP contribution in [-0.2, 0) is 11.3 Å². The summed E-state index contributed by atoms with van der Waals surface area (Å²) < 4.78 is 6.14. The maximum absolute atomic E-state index is 12.1. The van der Waals surface area contributed by atoms with Crippen molar-refractivity contribution in [3.63, 3.8) is 0 Å². The zero-order chi connectivity index (χ0) is 13.6. The Labute approximate surface area is 108 Å². The second-order valence-corrected chi connectivity index (χ2v) is 4.85. The van der Waals surface area contributed by atoms with Gasteiger partial charge in [0.05, 0.1) is 11.1 Å². The molecule has 7 heteroatoms. The van der Waals surface area contributed by atoms with Gasteiger partial charge in [0.25, 0.3) is 5.56 Å². The highest BCUT2D eigenvalue weighted by atomic mass is 16.5. The summed E-state index contributed by atoms with van der Waals surface area (Å²) in [6, 6.07) is 0.266. The third kappa shape index (κ3) is 2.11. The Bertz CT molecular complexity index is 712. The molecule has 0 bridgehead atoms. The average molecular weight is 262 g/mol. The molecule has 1 fully saturated rings. The molecule has 19 heavy (non-hydrogen) atoms. The fraction of sp³-hybridized carbons (Fsp3) is 0.500. The van der Waals surface area contributed by atoms with E-state index < -0.39 is 5.56 Å². The summed E-state index contributed by atoms with van der Waals surface area (Å²) >= 11 is 0. The van der Waals surface area contributed by atoms with Gasteiger partial charge in [-0.3, -0.25) is 9.59 Å². The van der Waals surface area contributed by atoms with Gasteiger partial charge in [-0.25, -0.2) is 4.68 Å². The molecule has 100 valence electrons. The number of aromatic nitrogens is 3. The first-order chi connectivity index (χ1) is 9.06. The van der Waals surface area contributed by atoms with Gasteiger partial charge in [-0.05, 0) is 26.7 Å². The van der Waals surface area contributed by atoms with Crippen molar-refractivity contribution in [1.29, 1.82) is 0 Å². The molecule has 1 aliphatic rings. The number of hydrogen-bond donors (Lipinski definition) is 1. The fourth-order valence-corrected chi connectivity index (χ4v) is 2.09. The molecule has 0 spiro atoms. The van der Waals surface area contributed by atoms with Crippen LogP contribution in [-0.4, -0.2) is 26.9 Å². The van der Waals surface area contributed by atoms with E-state index in [4.69, 9.17) is 4.52 Å². The first-order valence-electron chi connectivity index (χ1n) is 6.19. The van der Waals surface area contributed by atoms with E-state index >= 15 is 0 Å². The summed E-state index contributed by atoms with van der Waals surface area (Å²) in [6.07, 6.45) is 2.02. The third-order valence-electron chi connectivity index (χ3n) is 3.17. The first kappa shape index (κ1) is 11.9. The molecule has 0 atom stereocenters. The van der Waals surface area contributed by atoms with Gasteiger partial charge >= 0.3 is 0 Å². The topological polar surface area (TPSA) is 90.0 Å². The highest BCUT2D eigenvalue weighted by molar-refractivity contribution is 5.82. The lowest BCUT2D eigenvalue weighted by Gasteiger charge is -2.06. The molecular formula is C12H14N4O3. The Morgan fingerprint density at radius 1 is 1.47 bits per heavy atom. The van der Waals surface area contributed by atoms with Crippen molar-refractivity contribution in [2.75, 3.05) is 0 Å². The average Bonchev–Trinajstić information content (AvgIpc) is 3.06. The molecule has 1 N–H and O–H groups in total. The van der Waals surface area contributed by atoms with Crippen LogP contribution in [0.15, 0.2) is 9.32 Å². The molecule has 0 saturated heterocycles. The molecule has 3 rings (SSSR count). The summed E-state index contributed by atoms with van der Waals surface area (Å²) in [5.74, 6) is 0.364. The summed E-state index contributed by atoms with van der Waals surface area (Å²) in [7, 11) is 0. The molecule has 2 aromatic rings. The highest BCUT2D eigenvalue weighted by Gasteiger charge is 2.24. The molecule has 1 amide bonds. The van der Waals surface area contributed by atoms with E-state index in [0.29, 0.717) is 16.8 Å². The number of nitrogens with one attached hydrogen (secondary N) is 1. The first-order valence-corrected chi connectivity index (χ1v) is 6.19. The number of nitrogens with zero attached hydrogens (tertiary/aromatic N) is 3. The molecule has 0 unspecified atom stereocenters. The van der Waals surface area contributed by atoms with Gasteiger partial charge in [0.1, 0.15) is 12.3 Å². The van der Waals surface area contributed by atoms with Gasteiger partial charge in [0, 0.05) is 6.04 Å². The molecule has 0 aliphatic heterocycles. The van der Waals surface area contributed by atoms with Crippen molar-refractivity contribution >= 4 is 16.8 Å². The number of hydrogen-bond acceptors (Lipinski definition) is 5. The van der Waals surface area contributed by atoms with Crippen molar-refractivity contribution in [2.45, 2.75) is 39.3 Å². The van der Waals surface area contributed by atoms with Crippen LogP contribution >= 0.6 is 0 Å². The number of carbonyl (C=O) groups is 1. The van der Waals surface area contributed by atoms with Gasteiger partial charge in [0.15, 0.2) is 5.52 Å². The lowest BCUT2D eigenvalue weighted by molar-refractivity contribution is -0.122. The van der Waals surface area contributed by atoms with Gasteiger partial charge in [-0.1, -0.05) is 5.16 Å². The van der Waals surface area contributed by atoms with E-state index in [1.807, 2.05) is 0 Å².